The van der Waals surface area contributed by atoms with Crippen molar-refractivity contribution in [2.24, 2.45) is 0 Å². The van der Waals surface area contributed by atoms with Gasteiger partial charge >= 0.3 is 0 Å². The van der Waals surface area contributed by atoms with Crippen LogP contribution in [0.2, 0.25) is 0 Å². The molecule has 0 aromatic heterocycles. The van der Waals surface area contributed by atoms with Gasteiger partial charge < -0.3 is 0 Å². The van der Waals surface area contributed by atoms with Gasteiger partial charge in [0.1, 0.15) is 0 Å². The van der Waals surface area contributed by atoms with E-state index in [-0.39, 0.29) is 0 Å². The van der Waals surface area contributed by atoms with Gasteiger partial charge in [0.15, 0.2) is 0 Å². The zero-order valence-corrected chi connectivity index (χ0v) is 7.55. The third-order valence-electron chi connectivity index (χ3n) is 3.29. The van der Waals surface area contributed by atoms with E-state index in [1.54, 1.807) is 0 Å². The first-order chi connectivity index (χ1) is 5.31. The van der Waals surface area contributed by atoms with Crippen LogP contribution in [-0.4, -0.2) is 42.8 Å². The van der Waals surface area contributed by atoms with Gasteiger partial charge in [-0.2, -0.15) is 5.01 Å². The first-order valence-corrected chi connectivity index (χ1v) is 4.91. The molecule has 0 atom stereocenters. The smallest absolute Gasteiger partial charge is 0.0964 e. The summed E-state index contributed by atoms with van der Waals surface area (Å²) in [6.07, 6.45) is 5.72. The Morgan fingerprint density at radius 2 is 1.45 bits per heavy atom. The summed E-state index contributed by atoms with van der Waals surface area (Å²) in [5.74, 6) is 0. The normalized spacial score (nSPS) is 31.4. The van der Waals surface area contributed by atoms with E-state index < -0.39 is 0 Å². The molecule has 2 heteroatoms. The van der Waals surface area contributed by atoms with Crippen molar-refractivity contribution in [3.05, 3.63) is 0 Å². The predicted molar refractivity (Wildman–Crippen MR) is 46.0 cm³/mol. The van der Waals surface area contributed by atoms with Crippen LogP contribution in [0, 0.1) is 0 Å². The summed E-state index contributed by atoms with van der Waals surface area (Å²) in [7, 11) is 2.40. The van der Waals surface area contributed by atoms with E-state index in [1.165, 1.54) is 56.5 Å². The molecule has 0 aliphatic carbocycles. The highest BCUT2D eigenvalue weighted by molar-refractivity contribution is 4.60. The first-order valence-electron chi connectivity index (χ1n) is 4.91. The van der Waals surface area contributed by atoms with Crippen molar-refractivity contribution in [1.29, 1.82) is 0 Å². The van der Waals surface area contributed by atoms with Crippen molar-refractivity contribution in [1.82, 2.24) is 5.01 Å². The molecule has 0 spiro atoms. The summed E-state index contributed by atoms with van der Waals surface area (Å²) in [6.45, 7) is 5.47. The predicted octanol–water partition coefficient (Wildman–Crippen LogP) is 1.24. The largest absolute Gasteiger partial charge is 0.246 e. The van der Waals surface area contributed by atoms with E-state index in [0.29, 0.717) is 0 Å². The minimum absolute atomic E-state index is 1.25. The average Bonchev–Trinajstić information content (AvgIpc) is 2.55. The van der Waals surface area contributed by atoms with Gasteiger partial charge in [-0.15, -0.1) is 0 Å². The molecule has 2 aliphatic heterocycles. The average molecular weight is 155 g/mol. The van der Waals surface area contributed by atoms with Crippen LogP contribution >= 0.6 is 0 Å². The fraction of sp³-hybridized carbons (Fsp3) is 1.00. The van der Waals surface area contributed by atoms with Crippen molar-refractivity contribution in [3.63, 3.8) is 0 Å². The number of rotatable bonds is 1. The topological polar surface area (TPSA) is 3.24 Å². The molecule has 2 saturated heterocycles. The van der Waals surface area contributed by atoms with Crippen LogP contribution in [0.25, 0.3) is 0 Å². The molecule has 0 unspecified atom stereocenters. The molecule has 0 aromatic carbocycles. The molecule has 0 saturated carbocycles. The van der Waals surface area contributed by atoms with E-state index in [9.17, 15) is 0 Å². The summed E-state index contributed by atoms with van der Waals surface area (Å²) in [4.78, 5) is 0. The SMILES string of the molecule is C[N+]1(N2CCCC2)CCCC1. The Morgan fingerprint density at radius 3 is 2.00 bits per heavy atom. The number of nitrogens with zero attached hydrogens (tertiary/aromatic N) is 2. The van der Waals surface area contributed by atoms with E-state index >= 15 is 0 Å². The molecule has 0 N–H and O–H groups in total. The number of quaternary nitrogens is 1. The lowest BCUT2D eigenvalue weighted by atomic mass is 10.4. The van der Waals surface area contributed by atoms with Gasteiger partial charge in [0.2, 0.25) is 0 Å². The van der Waals surface area contributed by atoms with E-state index in [4.69, 9.17) is 0 Å². The van der Waals surface area contributed by atoms with Gasteiger partial charge in [-0.1, -0.05) is 0 Å². The van der Waals surface area contributed by atoms with Gasteiger partial charge in [0, 0.05) is 25.9 Å². The minimum atomic E-state index is 1.25. The quantitative estimate of drug-likeness (QED) is 0.515. The van der Waals surface area contributed by atoms with E-state index in [1.807, 2.05) is 0 Å². The summed E-state index contributed by atoms with van der Waals surface area (Å²) in [5, 5.41) is 2.66. The number of likely N-dealkylation sites (tertiary alicyclic amines) is 1. The summed E-state index contributed by atoms with van der Waals surface area (Å²) < 4.78 is 1.25. The van der Waals surface area contributed by atoms with Gasteiger partial charge in [-0.3, -0.25) is 0 Å². The molecule has 0 aromatic rings. The monoisotopic (exact) mass is 155 g/mol. The highest BCUT2D eigenvalue weighted by Gasteiger charge is 2.35. The third-order valence-corrected chi connectivity index (χ3v) is 3.29. The summed E-state index contributed by atoms with van der Waals surface area (Å²) in [5.41, 5.74) is 0. The van der Waals surface area contributed by atoms with Crippen molar-refractivity contribution < 1.29 is 4.59 Å². The molecule has 0 bridgehead atoms. The van der Waals surface area contributed by atoms with Crippen LogP contribution in [0.5, 0.6) is 0 Å². The highest BCUT2D eigenvalue weighted by Crippen LogP contribution is 2.23. The molecule has 0 amide bonds. The lowest BCUT2D eigenvalue weighted by Crippen LogP contribution is -2.54. The molecule has 2 aliphatic rings. The molecule has 11 heavy (non-hydrogen) atoms. The Labute approximate surface area is 69.3 Å². The summed E-state index contributed by atoms with van der Waals surface area (Å²) in [6, 6.07) is 0. The molecular formula is C9H19N2+. The first kappa shape index (κ1) is 7.56. The van der Waals surface area contributed by atoms with Crippen LogP contribution < -0.4 is 0 Å². The second kappa shape index (κ2) is 2.76. The van der Waals surface area contributed by atoms with Crippen molar-refractivity contribution in [2.75, 3.05) is 33.2 Å². The Kier molecular flexibility index (Phi) is 1.90. The molecule has 64 valence electrons. The van der Waals surface area contributed by atoms with Gasteiger partial charge in [0.25, 0.3) is 0 Å². The maximum absolute atomic E-state index is 2.66. The molecule has 2 fully saturated rings. The number of hydrogen-bond donors (Lipinski definition) is 0. The zero-order valence-electron chi connectivity index (χ0n) is 7.55. The van der Waals surface area contributed by atoms with Crippen LogP contribution in [0.15, 0.2) is 0 Å². The maximum atomic E-state index is 2.66. The lowest BCUT2D eigenvalue weighted by Gasteiger charge is -2.37. The Balaban J connectivity index is 2.00. The Hall–Kier alpha value is -0.0800. The van der Waals surface area contributed by atoms with Gasteiger partial charge in [-0.05, 0) is 12.8 Å². The second-order valence-electron chi connectivity index (χ2n) is 4.15. The zero-order chi connectivity index (χ0) is 7.73. The van der Waals surface area contributed by atoms with Gasteiger partial charge in [-0.25, -0.2) is 4.59 Å². The molecule has 2 rings (SSSR count). The molecular weight excluding hydrogens is 136 g/mol. The van der Waals surface area contributed by atoms with Crippen LogP contribution in [0.3, 0.4) is 0 Å². The van der Waals surface area contributed by atoms with E-state index in [0.717, 1.165) is 0 Å². The maximum Gasteiger partial charge on any atom is 0.0964 e. The van der Waals surface area contributed by atoms with Crippen molar-refractivity contribution in [2.45, 2.75) is 25.7 Å². The summed E-state index contributed by atoms with van der Waals surface area (Å²) >= 11 is 0. The fourth-order valence-corrected chi connectivity index (χ4v) is 2.48. The molecule has 2 nitrogen and oxygen atoms in total. The van der Waals surface area contributed by atoms with Crippen molar-refractivity contribution in [3.8, 4) is 0 Å². The highest BCUT2D eigenvalue weighted by atomic mass is 15.7. The number of hydrogen-bond acceptors (Lipinski definition) is 1. The Morgan fingerprint density at radius 1 is 0.909 bits per heavy atom. The van der Waals surface area contributed by atoms with Crippen LogP contribution in [0.4, 0.5) is 0 Å². The van der Waals surface area contributed by atoms with E-state index in [2.05, 4.69) is 12.1 Å². The van der Waals surface area contributed by atoms with Crippen LogP contribution in [0.1, 0.15) is 25.7 Å². The Bertz CT molecular complexity index is 132. The van der Waals surface area contributed by atoms with Gasteiger partial charge in [0.05, 0.1) is 20.1 Å². The van der Waals surface area contributed by atoms with Crippen LogP contribution in [-0.2, 0) is 0 Å². The fourth-order valence-electron chi connectivity index (χ4n) is 2.48. The lowest BCUT2D eigenvalue weighted by molar-refractivity contribution is -1.01. The standard InChI is InChI=1S/C9H19N2/c1-11(8-4-5-9-11)10-6-2-3-7-10/h2-9H2,1H3/q+1. The molecule has 2 heterocycles. The third kappa shape index (κ3) is 1.30. The molecule has 0 radical (unpaired) electrons. The van der Waals surface area contributed by atoms with Crippen molar-refractivity contribution >= 4 is 0 Å². The minimum Gasteiger partial charge on any atom is -0.246 e. The second-order valence-corrected chi connectivity index (χ2v) is 4.15.